The molecule has 1 aliphatic rings. The predicted molar refractivity (Wildman–Crippen MR) is 69.2 cm³/mol. The van der Waals surface area contributed by atoms with Gasteiger partial charge in [-0.05, 0) is 26.2 Å². The molecular formula is C12H19N5O. The van der Waals surface area contributed by atoms with Crippen LogP contribution in [0.25, 0.3) is 11.2 Å². The van der Waals surface area contributed by atoms with Crippen molar-refractivity contribution in [1.29, 1.82) is 0 Å². The van der Waals surface area contributed by atoms with Gasteiger partial charge in [-0.1, -0.05) is 0 Å². The van der Waals surface area contributed by atoms with E-state index in [1.807, 2.05) is 23.2 Å². The third-order valence-corrected chi connectivity index (χ3v) is 3.58. The Kier molecular flexibility index (Phi) is 2.74. The Morgan fingerprint density at radius 1 is 1.44 bits per heavy atom. The largest absolute Gasteiger partial charge is 0.376 e. The highest BCUT2D eigenvalue weighted by Crippen LogP contribution is 2.23. The molecular weight excluding hydrogens is 230 g/mol. The molecule has 1 unspecified atom stereocenters. The average Bonchev–Trinajstić information content (AvgIpc) is 2.81. The molecule has 18 heavy (non-hydrogen) atoms. The van der Waals surface area contributed by atoms with E-state index in [4.69, 9.17) is 10.5 Å². The van der Waals surface area contributed by atoms with E-state index in [9.17, 15) is 0 Å². The van der Waals surface area contributed by atoms with Crippen molar-refractivity contribution in [3.63, 3.8) is 0 Å². The Hall–Kier alpha value is -1.56. The van der Waals surface area contributed by atoms with Crippen LogP contribution in [0, 0.1) is 6.92 Å². The second kappa shape index (κ2) is 4.28. The molecule has 1 atom stereocenters. The minimum Gasteiger partial charge on any atom is -0.376 e. The van der Waals surface area contributed by atoms with Gasteiger partial charge < -0.3 is 10.5 Å². The van der Waals surface area contributed by atoms with Gasteiger partial charge in [0.2, 0.25) is 5.95 Å². The van der Waals surface area contributed by atoms with Crippen LogP contribution >= 0.6 is 0 Å². The lowest BCUT2D eigenvalue weighted by Crippen LogP contribution is -2.25. The van der Waals surface area contributed by atoms with Crippen molar-refractivity contribution in [1.82, 2.24) is 19.3 Å². The van der Waals surface area contributed by atoms with Gasteiger partial charge in [-0.3, -0.25) is 9.25 Å². The van der Waals surface area contributed by atoms with Gasteiger partial charge in [0.25, 0.3) is 0 Å². The maximum atomic E-state index is 6.01. The Morgan fingerprint density at radius 2 is 2.28 bits per heavy atom. The zero-order valence-electron chi connectivity index (χ0n) is 10.9. The quantitative estimate of drug-likeness (QED) is 0.869. The molecule has 0 aliphatic carbocycles. The molecule has 2 aromatic rings. The highest BCUT2D eigenvalue weighted by molar-refractivity contribution is 5.77. The number of nitrogens with zero attached hydrogens (tertiary/aromatic N) is 4. The zero-order chi connectivity index (χ0) is 12.7. The molecule has 6 nitrogen and oxygen atoms in total. The Bertz CT molecular complexity index is 565. The fourth-order valence-electron chi connectivity index (χ4n) is 2.69. The summed E-state index contributed by atoms with van der Waals surface area (Å²) in [5.74, 6) is 0.551. The molecule has 0 saturated carbocycles. The molecule has 3 heterocycles. The van der Waals surface area contributed by atoms with Crippen LogP contribution in [0.4, 0.5) is 5.95 Å². The van der Waals surface area contributed by atoms with Crippen molar-refractivity contribution in [3.8, 4) is 0 Å². The molecule has 98 valence electrons. The zero-order valence-corrected chi connectivity index (χ0v) is 10.9. The highest BCUT2D eigenvalue weighted by atomic mass is 16.5. The van der Waals surface area contributed by atoms with Gasteiger partial charge in [-0.25, -0.2) is 4.98 Å². The second-order valence-corrected chi connectivity index (χ2v) is 4.95. The first-order chi connectivity index (χ1) is 8.66. The maximum Gasteiger partial charge on any atom is 0.202 e. The molecule has 0 bridgehead atoms. The first-order valence-corrected chi connectivity index (χ1v) is 6.43. The summed E-state index contributed by atoms with van der Waals surface area (Å²) in [5, 5.41) is 4.38. The third-order valence-electron chi connectivity index (χ3n) is 3.58. The van der Waals surface area contributed by atoms with Crippen LogP contribution in [0.5, 0.6) is 0 Å². The van der Waals surface area contributed by atoms with Crippen LogP contribution in [0.15, 0.2) is 0 Å². The standard InChI is InChI=1S/C12H19N5O/c1-8-10-11(16(2)15-8)17(12(13)14-10)7-9-5-3-4-6-18-9/h9H,3-7H2,1-2H3,(H2,13,14). The molecule has 0 amide bonds. The maximum absolute atomic E-state index is 6.01. The summed E-state index contributed by atoms with van der Waals surface area (Å²) in [6.45, 7) is 3.57. The van der Waals surface area contributed by atoms with Crippen molar-refractivity contribution in [2.45, 2.75) is 38.8 Å². The van der Waals surface area contributed by atoms with Crippen molar-refractivity contribution < 1.29 is 4.74 Å². The number of aromatic nitrogens is 4. The molecule has 1 fully saturated rings. The number of nitrogens with two attached hydrogens (primary N) is 1. The normalized spacial score (nSPS) is 20.7. The second-order valence-electron chi connectivity index (χ2n) is 4.95. The van der Waals surface area contributed by atoms with E-state index in [0.717, 1.165) is 42.9 Å². The summed E-state index contributed by atoms with van der Waals surface area (Å²) in [5.41, 5.74) is 8.81. The minimum atomic E-state index is 0.244. The molecule has 3 rings (SSSR count). The predicted octanol–water partition coefficient (Wildman–Crippen LogP) is 1.23. The van der Waals surface area contributed by atoms with Crippen LogP contribution in [-0.2, 0) is 18.3 Å². The summed E-state index contributed by atoms with van der Waals surface area (Å²) in [7, 11) is 1.93. The van der Waals surface area contributed by atoms with Crippen LogP contribution in [0.3, 0.4) is 0 Å². The SMILES string of the molecule is Cc1nn(C)c2c1nc(N)n2CC1CCCCO1. The molecule has 6 heteroatoms. The Balaban J connectivity index is 1.97. The lowest BCUT2D eigenvalue weighted by molar-refractivity contribution is 0.00679. The summed E-state index contributed by atoms with van der Waals surface area (Å²) >= 11 is 0. The summed E-state index contributed by atoms with van der Waals surface area (Å²) in [4.78, 5) is 4.40. The van der Waals surface area contributed by atoms with E-state index in [1.54, 1.807) is 0 Å². The molecule has 0 spiro atoms. The van der Waals surface area contributed by atoms with E-state index in [-0.39, 0.29) is 6.10 Å². The van der Waals surface area contributed by atoms with Gasteiger partial charge in [-0.2, -0.15) is 5.10 Å². The summed E-state index contributed by atoms with van der Waals surface area (Å²) in [6, 6.07) is 0. The van der Waals surface area contributed by atoms with E-state index in [2.05, 4.69) is 10.1 Å². The van der Waals surface area contributed by atoms with Gasteiger partial charge in [0, 0.05) is 13.7 Å². The number of nitrogen functional groups attached to an aromatic ring is 1. The first kappa shape index (κ1) is 11.5. The number of fused-ring (bicyclic) bond motifs is 1. The van der Waals surface area contributed by atoms with Crippen LogP contribution < -0.4 is 5.73 Å². The lowest BCUT2D eigenvalue weighted by atomic mass is 10.1. The minimum absolute atomic E-state index is 0.244. The average molecular weight is 249 g/mol. The topological polar surface area (TPSA) is 70.9 Å². The van der Waals surface area contributed by atoms with E-state index in [1.165, 1.54) is 6.42 Å². The van der Waals surface area contributed by atoms with Crippen LogP contribution in [0.2, 0.25) is 0 Å². The van der Waals surface area contributed by atoms with E-state index in [0.29, 0.717) is 5.95 Å². The van der Waals surface area contributed by atoms with Crippen molar-refractivity contribution in [2.24, 2.45) is 7.05 Å². The number of imidazole rings is 1. The number of hydrogen-bond donors (Lipinski definition) is 1. The fourth-order valence-corrected chi connectivity index (χ4v) is 2.69. The smallest absolute Gasteiger partial charge is 0.202 e. The monoisotopic (exact) mass is 249 g/mol. The van der Waals surface area contributed by atoms with E-state index < -0.39 is 0 Å². The number of rotatable bonds is 2. The van der Waals surface area contributed by atoms with Crippen molar-refractivity contribution in [3.05, 3.63) is 5.69 Å². The van der Waals surface area contributed by atoms with Gasteiger partial charge in [0.05, 0.1) is 18.3 Å². The molecule has 1 saturated heterocycles. The summed E-state index contributed by atoms with van der Waals surface area (Å²) < 4.78 is 9.63. The molecule has 0 aromatic carbocycles. The molecule has 1 aliphatic heterocycles. The number of hydrogen-bond acceptors (Lipinski definition) is 4. The van der Waals surface area contributed by atoms with Gasteiger partial charge in [-0.15, -0.1) is 0 Å². The number of ether oxygens (including phenoxy) is 1. The highest BCUT2D eigenvalue weighted by Gasteiger charge is 2.20. The van der Waals surface area contributed by atoms with Crippen LogP contribution in [-0.4, -0.2) is 32.0 Å². The molecule has 2 aromatic heterocycles. The van der Waals surface area contributed by atoms with Gasteiger partial charge >= 0.3 is 0 Å². The Labute approximate surface area is 106 Å². The molecule has 0 radical (unpaired) electrons. The van der Waals surface area contributed by atoms with Crippen molar-refractivity contribution >= 4 is 17.1 Å². The Morgan fingerprint density at radius 3 is 3.00 bits per heavy atom. The van der Waals surface area contributed by atoms with Crippen molar-refractivity contribution in [2.75, 3.05) is 12.3 Å². The van der Waals surface area contributed by atoms with E-state index >= 15 is 0 Å². The summed E-state index contributed by atoms with van der Waals surface area (Å²) in [6.07, 6.45) is 3.73. The number of anilines is 1. The first-order valence-electron chi connectivity index (χ1n) is 6.43. The lowest BCUT2D eigenvalue weighted by Gasteiger charge is -2.23. The molecule has 2 N–H and O–H groups in total. The third kappa shape index (κ3) is 1.77. The number of aryl methyl sites for hydroxylation is 2. The van der Waals surface area contributed by atoms with Gasteiger partial charge in [0.1, 0.15) is 5.52 Å². The van der Waals surface area contributed by atoms with Crippen LogP contribution in [0.1, 0.15) is 25.0 Å². The fraction of sp³-hybridized carbons (Fsp3) is 0.667. The van der Waals surface area contributed by atoms with Gasteiger partial charge in [0.15, 0.2) is 5.65 Å².